The number of pyridine rings is 1. The van der Waals surface area contributed by atoms with Crippen molar-refractivity contribution in [1.29, 1.82) is 0 Å². The molecule has 0 unspecified atom stereocenters. The fourth-order valence-electron chi connectivity index (χ4n) is 3.84. The smallest absolute Gasteiger partial charge is 0.213 e. The first kappa shape index (κ1) is 23.8. The summed E-state index contributed by atoms with van der Waals surface area (Å²) in [4.78, 5) is 9.04. The van der Waals surface area contributed by atoms with Gasteiger partial charge in [-0.25, -0.2) is 23.1 Å². The van der Waals surface area contributed by atoms with Crippen LogP contribution in [0.25, 0.3) is 21.7 Å². The summed E-state index contributed by atoms with van der Waals surface area (Å²) < 4.78 is 65.3. The van der Waals surface area contributed by atoms with E-state index in [9.17, 15) is 13.2 Å². The lowest BCUT2D eigenvalue weighted by atomic mass is 10.0. The van der Waals surface area contributed by atoms with Gasteiger partial charge >= 0.3 is 0 Å². The highest BCUT2D eigenvalue weighted by atomic mass is 32.2. The van der Waals surface area contributed by atoms with Crippen LogP contribution in [0.1, 0.15) is 23.8 Å². The topological polar surface area (TPSA) is 47.0 Å². The van der Waals surface area contributed by atoms with Crippen LogP contribution in [0.15, 0.2) is 59.6 Å². The molecule has 1 saturated heterocycles. The number of nitrogens with one attached hydrogen (secondary N) is 1. The van der Waals surface area contributed by atoms with Crippen LogP contribution in [0.5, 0.6) is 0 Å². The second-order valence-corrected chi connectivity index (χ2v) is 9.81. The number of anilines is 1. The fourth-order valence-corrected chi connectivity index (χ4v) is 5.80. The minimum absolute atomic E-state index is 0.00165. The largest absolute Gasteiger partial charge is 0.381 e. The molecule has 0 amide bonds. The Hall–Kier alpha value is -2.95. The maximum atomic E-state index is 15.7. The second-order valence-electron chi connectivity index (χ2n) is 7.93. The zero-order valence-electron chi connectivity index (χ0n) is 18.2. The van der Waals surface area contributed by atoms with Gasteiger partial charge in [0.25, 0.3) is 0 Å². The van der Waals surface area contributed by atoms with Crippen molar-refractivity contribution in [3.63, 3.8) is 0 Å². The third kappa shape index (κ3) is 5.19. The van der Waals surface area contributed by atoms with Crippen molar-refractivity contribution in [3.05, 3.63) is 83.1 Å². The molecule has 0 saturated carbocycles. The Morgan fingerprint density at radius 1 is 1.00 bits per heavy atom. The van der Waals surface area contributed by atoms with E-state index in [2.05, 4.69) is 9.71 Å². The van der Waals surface area contributed by atoms with Crippen LogP contribution in [0.3, 0.4) is 0 Å². The summed E-state index contributed by atoms with van der Waals surface area (Å²) in [6.07, 6.45) is 2.97. The number of hydrogen-bond acceptors (Lipinski definition) is 6. The third-order valence-corrected chi connectivity index (χ3v) is 7.74. The Kier molecular flexibility index (Phi) is 7.03. The third-order valence-electron chi connectivity index (χ3n) is 5.62. The molecule has 2 aromatic carbocycles. The van der Waals surface area contributed by atoms with E-state index in [0.29, 0.717) is 29.3 Å². The molecule has 10 heteroatoms. The second kappa shape index (κ2) is 10.3. The highest BCUT2D eigenvalue weighted by Gasteiger charge is 2.25. The average molecular weight is 518 g/mol. The van der Waals surface area contributed by atoms with Crippen LogP contribution in [-0.4, -0.2) is 23.2 Å². The van der Waals surface area contributed by atoms with Crippen molar-refractivity contribution in [2.24, 2.45) is 0 Å². The van der Waals surface area contributed by atoms with Gasteiger partial charge in [0.05, 0.1) is 26.2 Å². The number of halogens is 4. The Morgan fingerprint density at radius 3 is 2.63 bits per heavy atom. The molecule has 0 atom stereocenters. The number of aromatic nitrogens is 2. The van der Waals surface area contributed by atoms with Crippen molar-refractivity contribution in [1.82, 2.24) is 9.97 Å². The van der Waals surface area contributed by atoms with Crippen LogP contribution < -0.4 is 4.72 Å². The lowest BCUT2D eigenvalue weighted by molar-refractivity contribution is 0.0853. The van der Waals surface area contributed by atoms with Crippen molar-refractivity contribution >= 4 is 29.0 Å². The monoisotopic (exact) mass is 517 g/mol. The van der Waals surface area contributed by atoms with Crippen LogP contribution in [-0.2, 0) is 4.74 Å². The summed E-state index contributed by atoms with van der Waals surface area (Å²) >= 11 is 2.17. The summed E-state index contributed by atoms with van der Waals surface area (Å²) in [5, 5.41) is 0.837. The Balaban J connectivity index is 1.53. The predicted octanol–water partition coefficient (Wildman–Crippen LogP) is 7.44. The lowest BCUT2D eigenvalue weighted by Gasteiger charge is -2.19. The molecule has 2 aromatic heterocycles. The molecule has 0 radical (unpaired) electrons. The van der Waals surface area contributed by atoms with Crippen molar-refractivity contribution < 1.29 is 22.3 Å². The van der Waals surface area contributed by atoms with E-state index < -0.39 is 23.4 Å². The van der Waals surface area contributed by atoms with Crippen LogP contribution in [0.2, 0.25) is 0 Å². The summed E-state index contributed by atoms with van der Waals surface area (Å²) in [6.45, 7) is 1.25. The number of benzene rings is 2. The van der Waals surface area contributed by atoms with Gasteiger partial charge in [-0.3, -0.25) is 0 Å². The molecule has 180 valence electrons. The van der Waals surface area contributed by atoms with Gasteiger partial charge in [0.2, 0.25) is 5.95 Å². The first-order valence-electron chi connectivity index (χ1n) is 10.9. The highest BCUT2D eigenvalue weighted by molar-refractivity contribution is 8.00. The standard InChI is InChI=1S/C25H19F4N3OS2/c26-16-4-5-18(27)20(13-16)35-32-19-3-1-2-17(22(19)29)23-24(15-6-9-30-21(28)12-15)34-25(31-23)14-7-10-33-11-8-14/h1-6,9,12-14,32H,7-8,10-11H2. The van der Waals surface area contributed by atoms with Gasteiger partial charge in [-0.2, -0.15) is 4.39 Å². The molecular formula is C25H19F4N3OS2. The van der Waals surface area contributed by atoms with Gasteiger partial charge in [0, 0.05) is 37.0 Å². The zero-order chi connectivity index (χ0) is 24.4. The summed E-state index contributed by atoms with van der Waals surface area (Å²) in [5.41, 5.74) is 1.25. The van der Waals surface area contributed by atoms with Crippen LogP contribution in [0, 0.1) is 23.4 Å². The molecule has 0 bridgehead atoms. The van der Waals surface area contributed by atoms with Crippen molar-refractivity contribution in [3.8, 4) is 21.7 Å². The first-order valence-corrected chi connectivity index (χ1v) is 12.5. The molecule has 0 spiro atoms. The Morgan fingerprint density at radius 2 is 1.83 bits per heavy atom. The molecule has 3 heterocycles. The minimum atomic E-state index is -0.640. The van der Waals surface area contributed by atoms with Gasteiger partial charge in [-0.1, -0.05) is 6.07 Å². The highest BCUT2D eigenvalue weighted by Crippen LogP contribution is 2.43. The predicted molar refractivity (Wildman–Crippen MR) is 129 cm³/mol. The van der Waals surface area contributed by atoms with Gasteiger partial charge in [-0.15, -0.1) is 11.3 Å². The summed E-state index contributed by atoms with van der Waals surface area (Å²) in [5.74, 6) is -2.29. The molecule has 1 fully saturated rings. The molecule has 1 N–H and O–H groups in total. The SMILES string of the molecule is Fc1ccc(F)c(SNc2cccc(-c3nc(C4CCOCC4)sc3-c3ccnc(F)c3)c2F)c1. The lowest BCUT2D eigenvalue weighted by Crippen LogP contribution is -2.13. The average Bonchev–Trinajstić information content (AvgIpc) is 3.31. The number of hydrogen-bond donors (Lipinski definition) is 1. The molecule has 1 aliphatic rings. The minimum Gasteiger partial charge on any atom is -0.381 e. The Bertz CT molecular complexity index is 1360. The van der Waals surface area contributed by atoms with E-state index in [1.54, 1.807) is 18.2 Å². The normalized spacial score (nSPS) is 14.3. The maximum absolute atomic E-state index is 15.7. The van der Waals surface area contributed by atoms with E-state index >= 15 is 4.39 Å². The quantitative estimate of drug-likeness (QED) is 0.164. The van der Waals surface area contributed by atoms with Crippen LogP contribution in [0.4, 0.5) is 23.2 Å². The number of rotatable bonds is 6. The molecule has 4 aromatic rings. The number of nitrogens with zero attached hydrogens (tertiary/aromatic N) is 2. The Labute approximate surface area is 207 Å². The van der Waals surface area contributed by atoms with Gasteiger partial charge < -0.3 is 9.46 Å². The molecule has 35 heavy (non-hydrogen) atoms. The van der Waals surface area contributed by atoms with E-state index in [0.717, 1.165) is 48.0 Å². The van der Waals surface area contributed by atoms with Gasteiger partial charge in [0.15, 0.2) is 5.82 Å². The molecular weight excluding hydrogens is 498 g/mol. The molecule has 0 aliphatic carbocycles. The fraction of sp³-hybridized carbons (Fsp3) is 0.200. The summed E-state index contributed by atoms with van der Waals surface area (Å²) in [7, 11) is 0. The zero-order valence-corrected chi connectivity index (χ0v) is 19.9. The first-order chi connectivity index (χ1) is 17.0. The van der Waals surface area contributed by atoms with E-state index in [1.807, 2.05) is 0 Å². The molecule has 5 rings (SSSR count). The van der Waals surface area contributed by atoms with Gasteiger partial charge in [0.1, 0.15) is 11.6 Å². The molecule has 1 aliphatic heterocycles. The van der Waals surface area contributed by atoms with E-state index in [4.69, 9.17) is 9.72 Å². The number of ether oxygens (including phenoxy) is 1. The molecule has 4 nitrogen and oxygen atoms in total. The summed E-state index contributed by atoms with van der Waals surface area (Å²) in [6, 6.07) is 10.8. The maximum Gasteiger partial charge on any atom is 0.213 e. The van der Waals surface area contributed by atoms with E-state index in [-0.39, 0.29) is 22.1 Å². The van der Waals surface area contributed by atoms with Crippen molar-refractivity contribution in [2.45, 2.75) is 23.7 Å². The van der Waals surface area contributed by atoms with E-state index in [1.165, 1.54) is 29.7 Å². The van der Waals surface area contributed by atoms with Crippen molar-refractivity contribution in [2.75, 3.05) is 17.9 Å². The van der Waals surface area contributed by atoms with Crippen LogP contribution >= 0.6 is 23.3 Å². The van der Waals surface area contributed by atoms with Gasteiger partial charge in [-0.05, 0) is 66.8 Å². The number of thiazole rings is 1.